The van der Waals surface area contributed by atoms with Crippen molar-refractivity contribution in [1.29, 1.82) is 0 Å². The Hall–Kier alpha value is -2.85. The molecule has 0 spiro atoms. The van der Waals surface area contributed by atoms with Crippen LogP contribution in [0.4, 0.5) is 10.1 Å². The van der Waals surface area contributed by atoms with Gasteiger partial charge in [0.25, 0.3) is 10.0 Å². The average molecular weight is 629 g/mol. The molecule has 0 aliphatic carbocycles. The zero-order valence-corrected chi connectivity index (χ0v) is 25.2. The number of sulfonamides is 1. The number of benzene rings is 3. The number of hydrogen-bond donors (Lipinski definition) is 1. The van der Waals surface area contributed by atoms with Crippen molar-refractivity contribution in [3.63, 3.8) is 0 Å². The van der Waals surface area contributed by atoms with Crippen LogP contribution in [0.1, 0.15) is 32.8 Å². The van der Waals surface area contributed by atoms with Crippen molar-refractivity contribution in [1.82, 2.24) is 10.2 Å². The van der Waals surface area contributed by atoms with Gasteiger partial charge in [-0.25, -0.2) is 12.8 Å². The molecule has 0 heterocycles. The summed E-state index contributed by atoms with van der Waals surface area (Å²) in [5.41, 5.74) is 0.372. The Labute approximate surface area is 248 Å². The van der Waals surface area contributed by atoms with Crippen molar-refractivity contribution >= 4 is 62.3 Å². The number of carbonyl (C=O) groups is 2. The van der Waals surface area contributed by atoms with Gasteiger partial charge in [0.1, 0.15) is 18.4 Å². The van der Waals surface area contributed by atoms with Crippen LogP contribution in [0.25, 0.3) is 0 Å². The van der Waals surface area contributed by atoms with E-state index in [4.69, 9.17) is 34.8 Å². The highest BCUT2D eigenvalue weighted by Crippen LogP contribution is 2.30. The Balaban J connectivity index is 2.12. The molecule has 0 bridgehead atoms. The maximum atomic E-state index is 14.0. The maximum absolute atomic E-state index is 14.0. The summed E-state index contributed by atoms with van der Waals surface area (Å²) in [4.78, 5) is 28.4. The fraction of sp³-hybridized carbons (Fsp3) is 0.286. The highest BCUT2D eigenvalue weighted by molar-refractivity contribution is 7.92. The van der Waals surface area contributed by atoms with Crippen LogP contribution in [-0.4, -0.2) is 43.8 Å². The first kappa shape index (κ1) is 31.7. The quantitative estimate of drug-likeness (QED) is 0.270. The Morgan fingerprint density at radius 2 is 1.55 bits per heavy atom. The summed E-state index contributed by atoms with van der Waals surface area (Å²) in [5.74, 6) is -1.88. The van der Waals surface area contributed by atoms with Gasteiger partial charge < -0.3 is 10.2 Å². The molecule has 3 rings (SSSR count). The summed E-state index contributed by atoms with van der Waals surface area (Å²) < 4.78 is 42.4. The number of halogens is 4. The number of amides is 2. The molecule has 0 saturated heterocycles. The summed E-state index contributed by atoms with van der Waals surface area (Å²) >= 11 is 18.8. The Morgan fingerprint density at radius 1 is 0.925 bits per heavy atom. The second-order valence-electron chi connectivity index (χ2n) is 9.23. The van der Waals surface area contributed by atoms with Gasteiger partial charge in [-0.05, 0) is 62.7 Å². The molecular formula is C28H29Cl3FN3O4S. The lowest BCUT2D eigenvalue weighted by Crippen LogP contribution is -2.53. The molecule has 1 N–H and O–H groups in total. The van der Waals surface area contributed by atoms with Gasteiger partial charge in [-0.3, -0.25) is 13.9 Å². The van der Waals surface area contributed by atoms with Crippen molar-refractivity contribution < 1.29 is 22.4 Å². The predicted molar refractivity (Wildman–Crippen MR) is 157 cm³/mol. The molecule has 0 aliphatic heterocycles. The third-order valence-corrected chi connectivity index (χ3v) is 8.79. The lowest BCUT2D eigenvalue weighted by Gasteiger charge is -2.34. The Morgan fingerprint density at radius 3 is 2.10 bits per heavy atom. The zero-order chi connectivity index (χ0) is 29.6. The molecule has 0 aromatic heterocycles. The van der Waals surface area contributed by atoms with Gasteiger partial charge in [-0.15, -0.1) is 0 Å². The van der Waals surface area contributed by atoms with E-state index in [2.05, 4.69) is 5.32 Å². The van der Waals surface area contributed by atoms with Crippen LogP contribution >= 0.6 is 34.8 Å². The van der Waals surface area contributed by atoms with E-state index >= 15 is 0 Å². The molecule has 1 atom stereocenters. The second-order valence-corrected chi connectivity index (χ2v) is 12.3. The SMILES string of the molecule is CC[C@@H](C(=O)NC(C)C)N(Cc1c(Cl)cccc1Cl)C(=O)CN(c1ccc(F)c(Cl)c1)S(=O)(=O)c1ccccc1. The predicted octanol–water partition coefficient (Wildman–Crippen LogP) is 6.31. The Bertz CT molecular complexity index is 1450. The second kappa shape index (κ2) is 13.7. The van der Waals surface area contributed by atoms with Crippen molar-refractivity contribution in [3.05, 3.63) is 93.2 Å². The van der Waals surface area contributed by atoms with E-state index in [0.717, 1.165) is 16.4 Å². The molecule has 3 aromatic carbocycles. The van der Waals surface area contributed by atoms with Gasteiger partial charge in [-0.2, -0.15) is 0 Å². The fourth-order valence-corrected chi connectivity index (χ4v) is 6.16. The van der Waals surface area contributed by atoms with Crippen molar-refractivity contribution in [2.75, 3.05) is 10.8 Å². The first-order chi connectivity index (χ1) is 18.9. The standard InChI is InChI=1S/C28H29Cl3FN3O4S/c1-4-26(28(37)33-18(2)3)34(16-21-22(29)11-8-12-23(21)30)27(36)17-35(19-13-14-25(32)24(31)15-19)40(38,39)20-9-6-5-7-10-20/h5-15,18,26H,4,16-17H2,1-3H3,(H,33,37)/t26-/m0/s1. The summed E-state index contributed by atoms with van der Waals surface area (Å²) in [7, 11) is -4.32. The van der Waals surface area contributed by atoms with E-state index in [0.29, 0.717) is 5.56 Å². The topological polar surface area (TPSA) is 86.8 Å². The van der Waals surface area contributed by atoms with Crippen molar-refractivity contribution in [2.45, 2.75) is 50.7 Å². The molecule has 12 heteroatoms. The van der Waals surface area contributed by atoms with Crippen LogP contribution in [-0.2, 0) is 26.2 Å². The summed E-state index contributed by atoms with van der Waals surface area (Å²) in [6.07, 6.45) is 0.222. The van der Waals surface area contributed by atoms with Crippen LogP contribution in [0.5, 0.6) is 0 Å². The summed E-state index contributed by atoms with van der Waals surface area (Å²) in [5, 5.41) is 3.05. The first-order valence-electron chi connectivity index (χ1n) is 12.4. The largest absolute Gasteiger partial charge is 0.352 e. The van der Waals surface area contributed by atoms with Crippen LogP contribution in [0, 0.1) is 5.82 Å². The van der Waals surface area contributed by atoms with Gasteiger partial charge in [0.2, 0.25) is 11.8 Å². The minimum Gasteiger partial charge on any atom is -0.352 e. The first-order valence-corrected chi connectivity index (χ1v) is 15.0. The highest BCUT2D eigenvalue weighted by atomic mass is 35.5. The third kappa shape index (κ3) is 7.46. The lowest BCUT2D eigenvalue weighted by atomic mass is 10.1. The van der Waals surface area contributed by atoms with Gasteiger partial charge in [0.05, 0.1) is 15.6 Å². The van der Waals surface area contributed by atoms with Gasteiger partial charge in [0.15, 0.2) is 0 Å². The average Bonchev–Trinajstić information content (AvgIpc) is 2.90. The fourth-order valence-electron chi connectivity index (χ4n) is 4.04. The number of nitrogens with zero attached hydrogens (tertiary/aromatic N) is 2. The van der Waals surface area contributed by atoms with Crippen LogP contribution in [0.15, 0.2) is 71.6 Å². The molecule has 0 aliphatic rings. The number of rotatable bonds is 11. The molecule has 214 valence electrons. The number of nitrogens with one attached hydrogen (secondary N) is 1. The normalized spacial score (nSPS) is 12.2. The number of hydrogen-bond acceptors (Lipinski definition) is 4. The number of carbonyl (C=O) groups excluding carboxylic acids is 2. The van der Waals surface area contributed by atoms with Crippen molar-refractivity contribution in [2.24, 2.45) is 0 Å². The smallest absolute Gasteiger partial charge is 0.264 e. The maximum Gasteiger partial charge on any atom is 0.264 e. The van der Waals surface area contributed by atoms with Crippen LogP contribution in [0.3, 0.4) is 0 Å². The van der Waals surface area contributed by atoms with Crippen molar-refractivity contribution in [3.8, 4) is 0 Å². The van der Waals surface area contributed by atoms with Crippen LogP contribution in [0.2, 0.25) is 15.1 Å². The molecular weight excluding hydrogens is 600 g/mol. The summed E-state index contributed by atoms with van der Waals surface area (Å²) in [6, 6.07) is 14.5. The van der Waals surface area contributed by atoms with Gasteiger partial charge in [-0.1, -0.05) is 66.0 Å². The number of anilines is 1. The van der Waals surface area contributed by atoms with E-state index in [-0.39, 0.29) is 44.7 Å². The minimum atomic E-state index is -4.32. The Kier molecular flexibility index (Phi) is 10.8. The third-order valence-electron chi connectivity index (χ3n) is 6.01. The van der Waals surface area contributed by atoms with E-state index in [1.165, 1.54) is 23.1 Å². The molecule has 7 nitrogen and oxygen atoms in total. The molecule has 40 heavy (non-hydrogen) atoms. The minimum absolute atomic E-state index is 0.0287. The molecule has 0 unspecified atom stereocenters. The van der Waals surface area contributed by atoms with Crippen LogP contribution < -0.4 is 9.62 Å². The van der Waals surface area contributed by atoms with Gasteiger partial charge in [0, 0.05) is 28.2 Å². The van der Waals surface area contributed by atoms with E-state index in [9.17, 15) is 22.4 Å². The molecule has 0 saturated carbocycles. The highest BCUT2D eigenvalue weighted by Gasteiger charge is 2.34. The molecule has 3 aromatic rings. The monoisotopic (exact) mass is 627 g/mol. The zero-order valence-electron chi connectivity index (χ0n) is 22.1. The molecule has 0 fully saturated rings. The van der Waals surface area contributed by atoms with Gasteiger partial charge >= 0.3 is 0 Å². The molecule has 2 amide bonds. The molecule has 0 radical (unpaired) electrons. The summed E-state index contributed by atoms with van der Waals surface area (Å²) in [6.45, 7) is 4.43. The van der Waals surface area contributed by atoms with E-state index in [1.807, 2.05) is 0 Å². The lowest BCUT2D eigenvalue weighted by molar-refractivity contribution is -0.140. The van der Waals surface area contributed by atoms with E-state index < -0.39 is 40.2 Å². The van der Waals surface area contributed by atoms with E-state index in [1.54, 1.807) is 57.2 Å².